The van der Waals surface area contributed by atoms with Gasteiger partial charge in [0.1, 0.15) is 17.2 Å². The summed E-state index contributed by atoms with van der Waals surface area (Å²) in [6.45, 7) is 2.22. The Hall–Kier alpha value is -3.27. The van der Waals surface area contributed by atoms with Crippen LogP contribution in [0.4, 0.5) is 8.78 Å². The Morgan fingerprint density at radius 3 is 2.78 bits per heavy atom. The molecule has 1 aromatic carbocycles. The molecule has 0 aliphatic carbocycles. The van der Waals surface area contributed by atoms with Gasteiger partial charge in [0.15, 0.2) is 11.4 Å². The van der Waals surface area contributed by atoms with E-state index in [4.69, 9.17) is 4.74 Å². The quantitative estimate of drug-likeness (QED) is 0.703. The first-order valence-electron chi connectivity index (χ1n) is 10.3. The number of carbonyl (C=O) groups excluding carboxylic acids is 2. The fourth-order valence-corrected chi connectivity index (χ4v) is 4.38. The van der Waals surface area contributed by atoms with E-state index >= 15 is 0 Å². The predicted molar refractivity (Wildman–Crippen MR) is 110 cm³/mol. The number of ether oxygens (including phenoxy) is 1. The molecular weight excluding hydrogens is 424 g/mol. The molecule has 0 spiro atoms. The lowest BCUT2D eigenvalue weighted by atomic mass is 10.1. The molecule has 2 aliphatic heterocycles. The number of hydrogen-bond acceptors (Lipinski definition) is 5. The maximum atomic E-state index is 13.9. The van der Waals surface area contributed by atoms with Crippen molar-refractivity contribution >= 4 is 11.8 Å². The molecule has 2 aromatic rings. The highest BCUT2D eigenvalue weighted by molar-refractivity contribution is 6.00. The zero-order valence-electron chi connectivity index (χ0n) is 17.7. The Labute approximate surface area is 182 Å². The van der Waals surface area contributed by atoms with Gasteiger partial charge in [0.2, 0.25) is 5.43 Å². The number of benzene rings is 1. The van der Waals surface area contributed by atoms with Crippen LogP contribution in [0, 0.1) is 11.6 Å². The maximum Gasteiger partial charge on any atom is 0.274 e. The predicted octanol–water partition coefficient (Wildman–Crippen LogP) is 1.74. The largest absolute Gasteiger partial charge is 0.503 e. The number of aromatic hydroxyl groups is 1. The number of hydrogen-bond donors (Lipinski definition) is 2. The summed E-state index contributed by atoms with van der Waals surface area (Å²) in [7, 11) is 1.53. The summed E-state index contributed by atoms with van der Waals surface area (Å²) in [5, 5.41) is 13.0. The van der Waals surface area contributed by atoms with E-state index < -0.39 is 34.6 Å². The van der Waals surface area contributed by atoms with E-state index in [9.17, 15) is 28.3 Å². The van der Waals surface area contributed by atoms with Crippen LogP contribution in [0.2, 0.25) is 0 Å². The van der Waals surface area contributed by atoms with Gasteiger partial charge >= 0.3 is 0 Å². The molecular formula is C22H23F2N3O5. The number of aromatic nitrogens is 1. The first kappa shape index (κ1) is 21.9. The summed E-state index contributed by atoms with van der Waals surface area (Å²) in [5.74, 6) is -3.63. The van der Waals surface area contributed by atoms with Crippen LogP contribution in [0.25, 0.3) is 0 Å². The van der Waals surface area contributed by atoms with Gasteiger partial charge in [-0.15, -0.1) is 0 Å². The minimum atomic E-state index is -0.945. The van der Waals surface area contributed by atoms with E-state index in [1.807, 2.05) is 6.92 Å². The number of nitrogens with zero attached hydrogens (tertiary/aromatic N) is 2. The monoisotopic (exact) mass is 447 g/mol. The van der Waals surface area contributed by atoms with Crippen molar-refractivity contribution in [3.63, 3.8) is 0 Å². The molecule has 8 nitrogen and oxygen atoms in total. The number of amides is 2. The highest BCUT2D eigenvalue weighted by Crippen LogP contribution is 2.36. The van der Waals surface area contributed by atoms with Gasteiger partial charge < -0.3 is 24.6 Å². The fraction of sp³-hybridized carbons (Fsp3) is 0.409. The van der Waals surface area contributed by atoms with Crippen molar-refractivity contribution in [2.75, 3.05) is 20.2 Å². The number of nitrogens with one attached hydrogen (secondary N) is 1. The summed E-state index contributed by atoms with van der Waals surface area (Å²) < 4.78 is 33.8. The first-order valence-corrected chi connectivity index (χ1v) is 10.3. The summed E-state index contributed by atoms with van der Waals surface area (Å²) in [5.41, 5.74) is -0.906. The number of rotatable bonds is 6. The molecule has 0 fully saturated rings. The molecule has 3 heterocycles. The van der Waals surface area contributed by atoms with Crippen molar-refractivity contribution in [3.8, 4) is 5.75 Å². The molecule has 170 valence electrons. The highest BCUT2D eigenvalue weighted by Gasteiger charge is 2.41. The molecule has 4 rings (SSSR count). The van der Waals surface area contributed by atoms with Crippen LogP contribution in [0.3, 0.4) is 0 Å². The molecule has 0 saturated heterocycles. The third-order valence-corrected chi connectivity index (χ3v) is 6.05. The third kappa shape index (κ3) is 3.64. The SMILES string of the molecule is CO[C@H](C)CN1C[C@H]2CCc3c(C(=O)NCc4ccc(F)cc4F)c(=O)c(O)c(n32)C1=O. The van der Waals surface area contributed by atoms with E-state index in [0.717, 1.165) is 6.07 Å². The minimum Gasteiger partial charge on any atom is -0.503 e. The van der Waals surface area contributed by atoms with Crippen LogP contribution in [0.1, 0.15) is 51.5 Å². The zero-order valence-corrected chi connectivity index (χ0v) is 17.7. The average molecular weight is 447 g/mol. The van der Waals surface area contributed by atoms with Crippen LogP contribution in [0.5, 0.6) is 5.75 Å². The van der Waals surface area contributed by atoms with E-state index in [1.54, 1.807) is 9.47 Å². The van der Waals surface area contributed by atoms with Gasteiger partial charge in [0.25, 0.3) is 11.8 Å². The standard InChI is InChI=1S/C22H23F2N3O5/c1-11(32-2)9-26-10-14-5-6-16-17(19(28)20(29)18(22(26)31)27(14)16)21(30)25-8-12-3-4-13(23)7-15(12)24/h3-4,7,11,14,29H,5-6,8-10H2,1-2H3,(H,25,30)/t11-,14-/m1/s1. The third-order valence-electron chi connectivity index (χ3n) is 6.05. The maximum absolute atomic E-state index is 13.9. The smallest absolute Gasteiger partial charge is 0.274 e. The van der Waals surface area contributed by atoms with E-state index in [0.29, 0.717) is 37.7 Å². The summed E-state index contributed by atoms with van der Waals surface area (Å²) in [6, 6.07) is 2.78. The molecule has 2 aliphatic rings. The van der Waals surface area contributed by atoms with Crippen molar-refractivity contribution in [1.29, 1.82) is 0 Å². The van der Waals surface area contributed by atoms with Crippen LogP contribution in [-0.4, -0.2) is 52.7 Å². The molecule has 2 N–H and O–H groups in total. The lowest BCUT2D eigenvalue weighted by Crippen LogP contribution is -2.47. The van der Waals surface area contributed by atoms with E-state index in [2.05, 4.69) is 5.32 Å². The topological polar surface area (TPSA) is 101 Å². The second-order valence-corrected chi connectivity index (χ2v) is 8.09. The van der Waals surface area contributed by atoms with Gasteiger partial charge in [0, 0.05) is 44.1 Å². The molecule has 10 heteroatoms. The Morgan fingerprint density at radius 2 is 2.09 bits per heavy atom. The minimum absolute atomic E-state index is 0.0504. The number of pyridine rings is 1. The van der Waals surface area contributed by atoms with Crippen molar-refractivity contribution in [2.45, 2.75) is 38.5 Å². The summed E-state index contributed by atoms with van der Waals surface area (Å²) >= 11 is 0. The van der Waals surface area contributed by atoms with Crippen LogP contribution in [-0.2, 0) is 17.7 Å². The summed E-state index contributed by atoms with van der Waals surface area (Å²) in [6.07, 6.45) is 0.743. The van der Waals surface area contributed by atoms with E-state index in [1.165, 1.54) is 13.2 Å². The van der Waals surface area contributed by atoms with Crippen molar-refractivity contribution in [2.24, 2.45) is 0 Å². The van der Waals surface area contributed by atoms with Crippen molar-refractivity contribution in [1.82, 2.24) is 14.8 Å². The highest BCUT2D eigenvalue weighted by atomic mass is 19.1. The Bertz CT molecular complexity index is 1160. The molecule has 0 bridgehead atoms. The molecule has 0 saturated carbocycles. The van der Waals surface area contributed by atoms with Gasteiger partial charge in [-0.05, 0) is 25.8 Å². The molecule has 0 radical (unpaired) electrons. The molecule has 2 atom stereocenters. The van der Waals surface area contributed by atoms with Crippen LogP contribution < -0.4 is 10.7 Å². The van der Waals surface area contributed by atoms with Crippen LogP contribution in [0.15, 0.2) is 23.0 Å². The van der Waals surface area contributed by atoms with Gasteiger partial charge in [-0.1, -0.05) is 6.07 Å². The normalized spacial score (nSPS) is 17.9. The van der Waals surface area contributed by atoms with Gasteiger partial charge in [-0.2, -0.15) is 0 Å². The second kappa shape index (κ2) is 8.34. The lowest BCUT2D eigenvalue weighted by Gasteiger charge is -2.35. The zero-order chi connectivity index (χ0) is 23.2. The van der Waals surface area contributed by atoms with Crippen molar-refractivity contribution < 1.29 is 28.2 Å². The molecule has 0 unspecified atom stereocenters. The average Bonchev–Trinajstić information content (AvgIpc) is 3.16. The fourth-order valence-electron chi connectivity index (χ4n) is 4.38. The number of carbonyl (C=O) groups is 2. The first-order chi connectivity index (χ1) is 15.2. The Balaban J connectivity index is 1.67. The second-order valence-electron chi connectivity index (χ2n) is 8.09. The summed E-state index contributed by atoms with van der Waals surface area (Å²) in [4.78, 5) is 40.3. The Kier molecular flexibility index (Phi) is 5.72. The Morgan fingerprint density at radius 1 is 1.34 bits per heavy atom. The molecule has 2 amide bonds. The van der Waals surface area contributed by atoms with Gasteiger partial charge in [-0.3, -0.25) is 14.4 Å². The van der Waals surface area contributed by atoms with Gasteiger partial charge in [-0.25, -0.2) is 8.78 Å². The number of methoxy groups -OCH3 is 1. The van der Waals surface area contributed by atoms with Gasteiger partial charge in [0.05, 0.1) is 12.1 Å². The molecule has 1 aromatic heterocycles. The van der Waals surface area contributed by atoms with Crippen molar-refractivity contribution in [3.05, 3.63) is 62.6 Å². The van der Waals surface area contributed by atoms with E-state index in [-0.39, 0.29) is 35.5 Å². The molecule has 32 heavy (non-hydrogen) atoms. The number of halogens is 2. The van der Waals surface area contributed by atoms with Crippen LogP contribution >= 0.6 is 0 Å². The lowest BCUT2D eigenvalue weighted by molar-refractivity contribution is 0.0443.